The highest BCUT2D eigenvalue weighted by molar-refractivity contribution is 5.87. The fraction of sp³-hybridized carbons (Fsp3) is 0.200. The van der Waals surface area contributed by atoms with Gasteiger partial charge in [0, 0.05) is 39.5 Å². The van der Waals surface area contributed by atoms with Crippen molar-refractivity contribution in [2.24, 2.45) is 0 Å². The molecule has 8 aromatic carbocycles. The van der Waals surface area contributed by atoms with Crippen LogP contribution in [0.5, 0.6) is 0 Å². The van der Waals surface area contributed by atoms with E-state index < -0.39 is 0 Å². The van der Waals surface area contributed by atoms with Crippen LogP contribution in [0.2, 0.25) is 0 Å². The normalized spacial score (nSPS) is 12.3. The van der Waals surface area contributed by atoms with E-state index in [1.165, 1.54) is 95.9 Å². The highest BCUT2D eigenvalue weighted by Crippen LogP contribution is 2.56. The van der Waals surface area contributed by atoms with Crippen LogP contribution in [0.25, 0.3) is 45.5 Å². The second kappa shape index (κ2) is 21.0. The van der Waals surface area contributed by atoms with Gasteiger partial charge in [-0.15, -0.1) is 0 Å². The van der Waals surface area contributed by atoms with Gasteiger partial charge in [0.2, 0.25) is 0 Å². The molecule has 0 heterocycles. The van der Waals surface area contributed by atoms with Crippen molar-refractivity contribution < 1.29 is 0 Å². The lowest BCUT2D eigenvalue weighted by Crippen LogP contribution is -2.25. The summed E-state index contributed by atoms with van der Waals surface area (Å²) in [7, 11) is 0. The predicted molar refractivity (Wildman–Crippen MR) is 291 cm³/mol. The van der Waals surface area contributed by atoms with E-state index in [0.717, 1.165) is 58.1 Å². The van der Waals surface area contributed by atoms with Crippen molar-refractivity contribution in [3.8, 4) is 33.4 Å². The van der Waals surface area contributed by atoms with Gasteiger partial charge in [0.05, 0.1) is 0 Å². The zero-order valence-electron chi connectivity index (χ0n) is 39.5. The van der Waals surface area contributed by atoms with Gasteiger partial charge >= 0.3 is 0 Å². The van der Waals surface area contributed by atoms with Crippen LogP contribution in [0.4, 0.5) is 34.1 Å². The lowest BCUT2D eigenvalue weighted by Gasteiger charge is -2.33. The summed E-state index contributed by atoms with van der Waals surface area (Å²) in [4.78, 5) is 4.67. The third kappa shape index (κ3) is 9.58. The summed E-state index contributed by atoms with van der Waals surface area (Å²) < 4.78 is 0. The molecule has 0 spiro atoms. The molecule has 0 fully saturated rings. The number of fused-ring (bicyclic) bond motifs is 3. The molecular weight excluding hydrogens is 809 g/mol. The number of hydrogen-bond acceptors (Lipinski definition) is 2. The van der Waals surface area contributed by atoms with Crippen molar-refractivity contribution in [1.29, 1.82) is 0 Å². The minimum Gasteiger partial charge on any atom is -0.311 e. The Morgan fingerprint density at radius 1 is 0.358 bits per heavy atom. The SMILES string of the molecule is C=Cc1ccc(N(c2ccccc2)c2ccc(-c3ccc4c(c3)C(CCCCCC)(CCCCCC)c3cc(-c5ccc(N(c6ccccc6)c6ccc(C=C)cc6)cc5)ccc3-4)cc2)cc1. The quantitative estimate of drug-likeness (QED) is 0.0704. The van der Waals surface area contributed by atoms with Gasteiger partial charge in [0.1, 0.15) is 0 Å². The van der Waals surface area contributed by atoms with Crippen LogP contribution in [0, 0.1) is 0 Å². The van der Waals surface area contributed by atoms with Gasteiger partial charge in [-0.2, -0.15) is 0 Å². The summed E-state index contributed by atoms with van der Waals surface area (Å²) in [5.74, 6) is 0. The second-order valence-electron chi connectivity index (χ2n) is 18.3. The fourth-order valence-electron chi connectivity index (χ4n) is 10.4. The molecule has 2 heteroatoms. The summed E-state index contributed by atoms with van der Waals surface area (Å²) in [5, 5.41) is 0. The summed E-state index contributed by atoms with van der Waals surface area (Å²) >= 11 is 0. The Morgan fingerprint density at radius 3 is 1.03 bits per heavy atom. The standard InChI is InChI=1S/C65H64N2/c1-5-9-11-19-45-65(46-20-12-10-6-2)63-47-53(51-29-39-59(40-30-51)66(55-21-15-13-16-22-55)57-35-25-49(7-3)26-36-57)33-43-61(63)62-44-34-54(48-64(62)65)52-31-41-60(42-32-52)67(56-23-17-14-18-24-56)58-37-27-50(8-4)28-38-58/h7-8,13-18,21-44,47-48H,3-6,9-12,19-20,45-46H2,1-2H3. The van der Waals surface area contributed by atoms with Gasteiger partial charge in [0.15, 0.2) is 0 Å². The first kappa shape index (κ1) is 45.0. The molecule has 0 aromatic heterocycles. The van der Waals surface area contributed by atoms with Gasteiger partial charge in [0.25, 0.3) is 0 Å². The summed E-state index contributed by atoms with van der Waals surface area (Å²) in [6.45, 7) is 12.6. The van der Waals surface area contributed by atoms with E-state index in [1.54, 1.807) is 0 Å². The molecule has 334 valence electrons. The molecule has 1 aliphatic carbocycles. The molecule has 0 saturated heterocycles. The first-order valence-electron chi connectivity index (χ1n) is 24.7. The topological polar surface area (TPSA) is 6.48 Å². The smallest absolute Gasteiger partial charge is 0.0462 e. The molecule has 1 aliphatic rings. The van der Waals surface area contributed by atoms with E-state index in [2.05, 4.69) is 231 Å². The molecule has 67 heavy (non-hydrogen) atoms. The lowest BCUT2D eigenvalue weighted by molar-refractivity contribution is 0.401. The minimum absolute atomic E-state index is 0.0541. The van der Waals surface area contributed by atoms with E-state index in [4.69, 9.17) is 0 Å². The molecule has 0 atom stereocenters. The number of hydrogen-bond donors (Lipinski definition) is 0. The molecule has 0 aliphatic heterocycles. The van der Waals surface area contributed by atoms with E-state index in [9.17, 15) is 0 Å². The highest BCUT2D eigenvalue weighted by atomic mass is 15.1. The van der Waals surface area contributed by atoms with E-state index in [0.29, 0.717) is 0 Å². The molecule has 0 radical (unpaired) electrons. The maximum atomic E-state index is 3.97. The van der Waals surface area contributed by atoms with Crippen LogP contribution in [-0.4, -0.2) is 0 Å². The van der Waals surface area contributed by atoms with Gasteiger partial charge < -0.3 is 9.80 Å². The van der Waals surface area contributed by atoms with Crippen LogP contribution in [0.3, 0.4) is 0 Å². The second-order valence-corrected chi connectivity index (χ2v) is 18.3. The van der Waals surface area contributed by atoms with Crippen molar-refractivity contribution in [2.45, 2.75) is 83.5 Å². The van der Waals surface area contributed by atoms with Gasteiger partial charge in [-0.1, -0.05) is 200 Å². The van der Waals surface area contributed by atoms with Crippen molar-refractivity contribution in [1.82, 2.24) is 0 Å². The van der Waals surface area contributed by atoms with Crippen LogP contribution >= 0.6 is 0 Å². The Kier molecular flexibility index (Phi) is 14.1. The van der Waals surface area contributed by atoms with Crippen LogP contribution in [0.1, 0.15) is 100 Å². The predicted octanol–water partition coefficient (Wildman–Crippen LogP) is 19.5. The van der Waals surface area contributed by atoms with Gasteiger partial charge in [-0.05, 0) is 153 Å². The van der Waals surface area contributed by atoms with Crippen LogP contribution < -0.4 is 9.80 Å². The Labute approximate surface area is 400 Å². The zero-order valence-corrected chi connectivity index (χ0v) is 39.5. The monoisotopic (exact) mass is 873 g/mol. The molecule has 0 unspecified atom stereocenters. The summed E-state index contributed by atoms with van der Waals surface area (Å²) in [6.07, 6.45) is 16.1. The average molecular weight is 873 g/mol. The molecule has 8 aromatic rings. The Balaban J connectivity index is 1.09. The Morgan fingerprint density at radius 2 is 0.687 bits per heavy atom. The van der Waals surface area contributed by atoms with Crippen molar-refractivity contribution in [3.05, 3.63) is 230 Å². The molecule has 0 saturated carbocycles. The van der Waals surface area contributed by atoms with Crippen molar-refractivity contribution in [3.63, 3.8) is 0 Å². The number of benzene rings is 8. The molecule has 0 bridgehead atoms. The van der Waals surface area contributed by atoms with Gasteiger partial charge in [-0.25, -0.2) is 0 Å². The maximum absolute atomic E-state index is 3.97. The Bertz CT molecular complexity index is 2670. The fourth-order valence-corrected chi connectivity index (χ4v) is 10.4. The first-order chi connectivity index (χ1) is 33.0. The number of anilines is 6. The first-order valence-corrected chi connectivity index (χ1v) is 24.7. The van der Waals surface area contributed by atoms with E-state index in [-0.39, 0.29) is 5.41 Å². The summed E-state index contributed by atoms with van der Waals surface area (Å²) in [6, 6.07) is 71.7. The number of unbranched alkanes of at least 4 members (excludes halogenated alkanes) is 6. The average Bonchev–Trinajstić information content (AvgIpc) is 3.66. The lowest BCUT2D eigenvalue weighted by atomic mass is 9.70. The van der Waals surface area contributed by atoms with Crippen molar-refractivity contribution >= 4 is 46.3 Å². The van der Waals surface area contributed by atoms with Crippen molar-refractivity contribution in [2.75, 3.05) is 9.80 Å². The maximum Gasteiger partial charge on any atom is 0.0462 e. The zero-order chi connectivity index (χ0) is 46.0. The highest BCUT2D eigenvalue weighted by Gasteiger charge is 2.42. The summed E-state index contributed by atoms with van der Waals surface area (Å²) in [5.41, 5.74) is 19.8. The minimum atomic E-state index is -0.0541. The van der Waals surface area contributed by atoms with E-state index in [1.807, 2.05) is 12.2 Å². The number of rotatable bonds is 20. The molecule has 9 rings (SSSR count). The number of para-hydroxylation sites is 2. The third-order valence-corrected chi connectivity index (χ3v) is 14.0. The van der Waals surface area contributed by atoms with Gasteiger partial charge in [-0.3, -0.25) is 0 Å². The number of nitrogens with zero attached hydrogens (tertiary/aromatic N) is 2. The Hall–Kier alpha value is -7.16. The van der Waals surface area contributed by atoms with E-state index >= 15 is 0 Å². The largest absolute Gasteiger partial charge is 0.311 e. The molecule has 2 nitrogen and oxygen atoms in total. The third-order valence-electron chi connectivity index (χ3n) is 14.0. The van der Waals surface area contributed by atoms with Crippen LogP contribution in [-0.2, 0) is 5.41 Å². The molecule has 0 N–H and O–H groups in total. The molecule has 0 amide bonds. The van der Waals surface area contributed by atoms with Crippen LogP contribution in [0.15, 0.2) is 207 Å². The molecular formula is C65H64N2.